The van der Waals surface area contributed by atoms with Gasteiger partial charge in [-0.15, -0.1) is 0 Å². The van der Waals surface area contributed by atoms with Crippen molar-refractivity contribution >= 4 is 29.4 Å². The molecule has 0 saturated carbocycles. The van der Waals surface area contributed by atoms with Gasteiger partial charge >= 0.3 is 6.03 Å². The van der Waals surface area contributed by atoms with Gasteiger partial charge in [-0.3, -0.25) is 14.9 Å². The highest BCUT2D eigenvalue weighted by molar-refractivity contribution is 6.31. The van der Waals surface area contributed by atoms with Gasteiger partial charge in [0.2, 0.25) is 5.91 Å². The van der Waals surface area contributed by atoms with Crippen molar-refractivity contribution in [3.63, 3.8) is 0 Å². The summed E-state index contributed by atoms with van der Waals surface area (Å²) in [5.74, 6) is -0.0831. The van der Waals surface area contributed by atoms with Crippen LogP contribution in [0.1, 0.15) is 32.3 Å². The maximum Gasteiger partial charge on any atom is 0.322 e. The summed E-state index contributed by atoms with van der Waals surface area (Å²) in [7, 11) is 0. The summed E-state index contributed by atoms with van der Waals surface area (Å²) in [5, 5.41) is 5.83. The van der Waals surface area contributed by atoms with E-state index in [1.165, 1.54) is 0 Å². The summed E-state index contributed by atoms with van der Waals surface area (Å²) in [5.41, 5.74) is -0.217. The van der Waals surface area contributed by atoms with Crippen molar-refractivity contribution in [3.8, 4) is 0 Å². The lowest BCUT2D eigenvalue weighted by atomic mass is 9.74. The Morgan fingerprint density at radius 2 is 1.96 bits per heavy atom. The summed E-state index contributed by atoms with van der Waals surface area (Å²) < 4.78 is 0. The molecule has 0 aromatic heterocycles. The molecule has 0 bridgehead atoms. The molecule has 2 aliphatic rings. The first-order valence-corrected chi connectivity index (χ1v) is 10.0. The Morgan fingerprint density at radius 1 is 1.29 bits per heavy atom. The predicted octanol–water partition coefficient (Wildman–Crippen LogP) is 2.91. The molecule has 7 heteroatoms. The first kappa shape index (κ1) is 20.4. The third-order valence-electron chi connectivity index (χ3n) is 5.52. The van der Waals surface area contributed by atoms with Gasteiger partial charge in [-0.2, -0.15) is 0 Å². The van der Waals surface area contributed by atoms with Gasteiger partial charge in [-0.05, 0) is 42.4 Å². The highest BCUT2D eigenvalue weighted by atomic mass is 35.5. The number of hydrogen-bond donors (Lipinski definition) is 2. The van der Waals surface area contributed by atoms with Crippen LogP contribution in [-0.2, 0) is 16.0 Å². The van der Waals surface area contributed by atoms with Crippen molar-refractivity contribution in [3.05, 3.63) is 47.0 Å². The van der Waals surface area contributed by atoms with E-state index in [4.69, 9.17) is 11.6 Å². The fourth-order valence-electron chi connectivity index (χ4n) is 3.98. The molecule has 4 amide bonds. The van der Waals surface area contributed by atoms with Crippen molar-refractivity contribution in [1.82, 2.24) is 15.5 Å². The molecule has 0 spiro atoms. The second-order valence-electron chi connectivity index (χ2n) is 7.85. The molecule has 0 aliphatic carbocycles. The van der Waals surface area contributed by atoms with E-state index in [1.807, 2.05) is 38.1 Å². The van der Waals surface area contributed by atoms with Gasteiger partial charge in [0.1, 0.15) is 5.54 Å². The quantitative estimate of drug-likeness (QED) is 0.586. The summed E-state index contributed by atoms with van der Waals surface area (Å²) in [6.07, 6.45) is 5.11. The number of piperidine rings is 1. The van der Waals surface area contributed by atoms with E-state index in [0.717, 1.165) is 5.56 Å². The minimum atomic E-state index is -1.04. The van der Waals surface area contributed by atoms with Gasteiger partial charge in [-0.1, -0.05) is 49.7 Å². The van der Waals surface area contributed by atoms with Crippen LogP contribution >= 0.6 is 11.6 Å². The number of rotatable bonds is 5. The first-order valence-electron chi connectivity index (χ1n) is 9.66. The Balaban J connectivity index is 1.76. The van der Waals surface area contributed by atoms with E-state index in [0.29, 0.717) is 43.3 Å². The van der Waals surface area contributed by atoms with Crippen LogP contribution in [0.5, 0.6) is 0 Å². The number of urea groups is 1. The SMILES string of the molecule is CC(C)C=CC(=O)N1CCC(C2(Cc3ccccc3Cl)NC(=O)NC2=O)CC1. The normalized spacial score (nSPS) is 23.4. The minimum Gasteiger partial charge on any atom is -0.339 e. The Labute approximate surface area is 170 Å². The average Bonchev–Trinajstić information content (AvgIpc) is 2.96. The number of nitrogens with one attached hydrogen (secondary N) is 2. The van der Waals surface area contributed by atoms with Gasteiger partial charge < -0.3 is 10.2 Å². The third kappa shape index (κ3) is 4.22. The zero-order valence-electron chi connectivity index (χ0n) is 16.2. The van der Waals surface area contributed by atoms with Crippen LogP contribution in [0.2, 0.25) is 5.02 Å². The molecule has 6 nitrogen and oxygen atoms in total. The number of amides is 4. The van der Waals surface area contributed by atoms with Crippen molar-refractivity contribution < 1.29 is 14.4 Å². The molecule has 2 fully saturated rings. The number of likely N-dealkylation sites (tertiary alicyclic amines) is 1. The molecular formula is C21H26ClN3O3. The van der Waals surface area contributed by atoms with E-state index >= 15 is 0 Å². The van der Waals surface area contributed by atoms with Crippen LogP contribution < -0.4 is 10.6 Å². The van der Waals surface area contributed by atoms with Crippen LogP contribution in [0.15, 0.2) is 36.4 Å². The number of halogens is 1. The first-order chi connectivity index (χ1) is 13.3. The lowest BCUT2D eigenvalue weighted by Gasteiger charge is -2.40. The fraction of sp³-hybridized carbons (Fsp3) is 0.476. The molecule has 1 aromatic carbocycles. The minimum absolute atomic E-state index is 0.00721. The zero-order valence-corrected chi connectivity index (χ0v) is 17.0. The number of imide groups is 1. The molecule has 2 heterocycles. The van der Waals surface area contributed by atoms with Gasteiger partial charge in [0.25, 0.3) is 5.91 Å². The average molecular weight is 404 g/mol. The molecule has 1 unspecified atom stereocenters. The second-order valence-corrected chi connectivity index (χ2v) is 8.26. The van der Waals surface area contributed by atoms with Crippen molar-refractivity contribution in [2.75, 3.05) is 13.1 Å². The highest BCUT2D eigenvalue weighted by Crippen LogP contribution is 2.35. The number of hydrogen-bond acceptors (Lipinski definition) is 3. The van der Waals surface area contributed by atoms with Gasteiger partial charge in [0, 0.05) is 24.5 Å². The summed E-state index contributed by atoms with van der Waals surface area (Å²) in [4.78, 5) is 38.9. The molecule has 2 N–H and O–H groups in total. The van der Waals surface area contributed by atoms with E-state index in [-0.39, 0.29) is 17.7 Å². The maximum absolute atomic E-state index is 12.8. The predicted molar refractivity (Wildman–Crippen MR) is 108 cm³/mol. The van der Waals surface area contributed by atoms with E-state index in [2.05, 4.69) is 10.6 Å². The molecule has 1 atom stereocenters. The van der Waals surface area contributed by atoms with Crippen molar-refractivity contribution in [1.29, 1.82) is 0 Å². The summed E-state index contributed by atoms with van der Waals surface area (Å²) >= 11 is 6.31. The molecule has 2 aliphatic heterocycles. The number of carbonyl (C=O) groups is 3. The molecular weight excluding hydrogens is 378 g/mol. The van der Waals surface area contributed by atoms with Crippen LogP contribution in [0.25, 0.3) is 0 Å². The lowest BCUT2D eigenvalue weighted by Crippen LogP contribution is -2.57. The van der Waals surface area contributed by atoms with Crippen LogP contribution in [0.3, 0.4) is 0 Å². The molecule has 0 radical (unpaired) electrons. The number of allylic oxidation sites excluding steroid dienone is 1. The van der Waals surface area contributed by atoms with E-state index < -0.39 is 11.6 Å². The second kappa shape index (κ2) is 8.35. The van der Waals surface area contributed by atoms with Crippen LogP contribution in [0, 0.1) is 11.8 Å². The number of nitrogens with zero attached hydrogens (tertiary/aromatic N) is 1. The van der Waals surface area contributed by atoms with Crippen molar-refractivity contribution in [2.24, 2.45) is 11.8 Å². The Hall–Kier alpha value is -2.34. The molecule has 1 aromatic rings. The smallest absolute Gasteiger partial charge is 0.322 e. The third-order valence-corrected chi connectivity index (χ3v) is 5.89. The molecule has 28 heavy (non-hydrogen) atoms. The fourth-order valence-corrected chi connectivity index (χ4v) is 4.18. The van der Waals surface area contributed by atoms with Gasteiger partial charge in [0.05, 0.1) is 0 Å². The summed E-state index contributed by atoms with van der Waals surface area (Å²) in [6.45, 7) is 5.16. The zero-order chi connectivity index (χ0) is 20.3. The van der Waals surface area contributed by atoms with Crippen LogP contribution in [-0.4, -0.2) is 41.4 Å². The summed E-state index contributed by atoms with van der Waals surface area (Å²) in [6, 6.07) is 6.88. The number of benzene rings is 1. The molecule has 150 valence electrons. The molecule has 2 saturated heterocycles. The highest BCUT2D eigenvalue weighted by Gasteiger charge is 2.52. The van der Waals surface area contributed by atoms with Gasteiger partial charge in [-0.25, -0.2) is 4.79 Å². The topological polar surface area (TPSA) is 78.5 Å². The Morgan fingerprint density at radius 3 is 2.54 bits per heavy atom. The Kier molecular flexibility index (Phi) is 6.08. The van der Waals surface area contributed by atoms with E-state index in [9.17, 15) is 14.4 Å². The lowest BCUT2D eigenvalue weighted by molar-refractivity contribution is -0.129. The standard InChI is InChI=1S/C21H26ClN3O3/c1-14(2)7-8-18(26)25-11-9-16(10-12-25)21(19(27)23-20(28)24-21)13-15-5-3-4-6-17(15)22/h3-8,14,16H,9-13H2,1-2H3,(H2,23,24,27,28). The molecule has 3 rings (SSSR count). The largest absolute Gasteiger partial charge is 0.339 e. The van der Waals surface area contributed by atoms with Gasteiger partial charge in [0.15, 0.2) is 0 Å². The van der Waals surface area contributed by atoms with Crippen molar-refractivity contribution in [2.45, 2.75) is 38.6 Å². The van der Waals surface area contributed by atoms with Crippen LogP contribution in [0.4, 0.5) is 4.79 Å². The Bertz CT molecular complexity index is 800. The maximum atomic E-state index is 12.8. The van der Waals surface area contributed by atoms with E-state index in [1.54, 1.807) is 17.0 Å². The number of carbonyl (C=O) groups excluding carboxylic acids is 3. The monoisotopic (exact) mass is 403 g/mol.